The molecule has 0 spiro atoms. The van der Waals surface area contributed by atoms with E-state index in [1.54, 1.807) is 12.1 Å². The van der Waals surface area contributed by atoms with Gasteiger partial charge in [0.15, 0.2) is 0 Å². The largest absolute Gasteiger partial charge is 0.320 e. The van der Waals surface area contributed by atoms with Gasteiger partial charge >= 0.3 is 0 Å². The maximum absolute atomic E-state index is 14.8. The molecule has 3 aliphatic carbocycles. The first-order chi connectivity index (χ1) is 14.0. The second kappa shape index (κ2) is 7.17. The summed E-state index contributed by atoms with van der Waals surface area (Å²) in [4.78, 5) is 21.1. The first kappa shape index (κ1) is 18.7. The number of halogens is 1. The molecule has 0 saturated heterocycles. The van der Waals surface area contributed by atoms with Crippen molar-refractivity contribution in [2.45, 2.75) is 57.4 Å². The van der Waals surface area contributed by atoms with E-state index in [1.807, 2.05) is 19.2 Å². The van der Waals surface area contributed by atoms with Gasteiger partial charge in [0.05, 0.1) is 6.04 Å². The number of amides is 1. The minimum atomic E-state index is -0.602. The summed E-state index contributed by atoms with van der Waals surface area (Å²) >= 11 is 0. The van der Waals surface area contributed by atoms with Crippen LogP contribution in [0.1, 0.15) is 55.7 Å². The van der Waals surface area contributed by atoms with E-state index in [-0.39, 0.29) is 17.6 Å². The van der Waals surface area contributed by atoms with Crippen molar-refractivity contribution >= 4 is 11.7 Å². The van der Waals surface area contributed by atoms with E-state index in [4.69, 9.17) is 5.73 Å². The third-order valence-corrected chi connectivity index (χ3v) is 6.60. The Hall–Kier alpha value is -2.34. The molecule has 0 aromatic carbocycles. The van der Waals surface area contributed by atoms with Crippen molar-refractivity contribution in [1.29, 1.82) is 0 Å². The highest BCUT2D eigenvalue weighted by Gasteiger charge is 2.46. The number of pyridine rings is 2. The summed E-state index contributed by atoms with van der Waals surface area (Å²) in [6, 6.07) is 4.78. The minimum Gasteiger partial charge on any atom is -0.320 e. The molecule has 29 heavy (non-hydrogen) atoms. The second-order valence-electron chi connectivity index (χ2n) is 8.98. The number of nitrogens with one attached hydrogen (secondary N) is 1. The molecule has 0 unspecified atom stereocenters. The summed E-state index contributed by atoms with van der Waals surface area (Å²) in [7, 11) is 0. The lowest BCUT2D eigenvalue weighted by Gasteiger charge is -2.22. The Morgan fingerprint density at radius 3 is 2.41 bits per heavy atom. The molecule has 1 amide bonds. The number of nitrogens with two attached hydrogens (primary N) is 1. The summed E-state index contributed by atoms with van der Waals surface area (Å²) < 4.78 is 14.8. The standard InChI is InChI=1S/C23H27FN4O/c1-12-18(10-16(11-26-12)13-2-3-13)17-8-9-19(27-22(17)24)28-23(29)21(25)20(14-4-5-14)15-6-7-15/h8-11,13-15,20-21H,2-7,25H2,1H3,(H,27,28,29)/t21-/m0/s1. The zero-order valence-electron chi connectivity index (χ0n) is 16.7. The number of carbonyl (C=O) groups is 1. The van der Waals surface area contributed by atoms with Crippen LogP contribution in [0.3, 0.4) is 0 Å². The summed E-state index contributed by atoms with van der Waals surface area (Å²) in [5.41, 5.74) is 9.37. The van der Waals surface area contributed by atoms with Gasteiger partial charge in [-0.3, -0.25) is 9.78 Å². The third kappa shape index (κ3) is 3.90. The molecule has 3 fully saturated rings. The number of aryl methyl sites for hydroxylation is 1. The molecule has 3 aliphatic rings. The van der Waals surface area contributed by atoms with Gasteiger partial charge in [0, 0.05) is 23.0 Å². The van der Waals surface area contributed by atoms with Gasteiger partial charge < -0.3 is 11.1 Å². The van der Waals surface area contributed by atoms with Gasteiger partial charge in [0.1, 0.15) is 5.82 Å². The molecule has 2 heterocycles. The van der Waals surface area contributed by atoms with Gasteiger partial charge in [0.2, 0.25) is 11.9 Å². The van der Waals surface area contributed by atoms with Gasteiger partial charge in [0.25, 0.3) is 0 Å². The van der Waals surface area contributed by atoms with E-state index in [1.165, 1.54) is 12.8 Å². The Morgan fingerprint density at radius 2 is 1.83 bits per heavy atom. The van der Waals surface area contributed by atoms with E-state index in [0.29, 0.717) is 23.3 Å². The van der Waals surface area contributed by atoms with Gasteiger partial charge in [-0.05, 0) is 92.9 Å². The Balaban J connectivity index is 1.33. The number of hydrogen-bond donors (Lipinski definition) is 2. The maximum Gasteiger partial charge on any atom is 0.242 e. The zero-order chi connectivity index (χ0) is 20.1. The van der Waals surface area contributed by atoms with Crippen LogP contribution in [0.4, 0.5) is 10.2 Å². The average Bonchev–Trinajstić information content (AvgIpc) is 3.56. The van der Waals surface area contributed by atoms with Gasteiger partial charge in [-0.15, -0.1) is 0 Å². The Labute approximate surface area is 170 Å². The minimum absolute atomic E-state index is 0.209. The molecule has 2 aromatic rings. The van der Waals surface area contributed by atoms with Crippen molar-refractivity contribution < 1.29 is 9.18 Å². The number of anilines is 1. The fourth-order valence-electron chi connectivity index (χ4n) is 4.48. The lowest BCUT2D eigenvalue weighted by atomic mass is 9.89. The molecular weight excluding hydrogens is 367 g/mol. The molecule has 0 radical (unpaired) electrons. The second-order valence-corrected chi connectivity index (χ2v) is 8.98. The van der Waals surface area contributed by atoms with Crippen molar-refractivity contribution in [2.75, 3.05) is 5.32 Å². The smallest absolute Gasteiger partial charge is 0.242 e. The fraction of sp³-hybridized carbons (Fsp3) is 0.522. The van der Waals surface area contributed by atoms with Crippen LogP contribution in [-0.2, 0) is 4.79 Å². The van der Waals surface area contributed by atoms with Crippen LogP contribution < -0.4 is 11.1 Å². The molecular formula is C23H27FN4O. The monoisotopic (exact) mass is 394 g/mol. The summed E-state index contributed by atoms with van der Waals surface area (Å²) in [6.45, 7) is 1.87. The lowest BCUT2D eigenvalue weighted by molar-refractivity contribution is -0.118. The van der Waals surface area contributed by atoms with Crippen molar-refractivity contribution in [3.05, 3.63) is 41.6 Å². The molecule has 2 aromatic heterocycles. The van der Waals surface area contributed by atoms with Gasteiger partial charge in [-0.1, -0.05) is 0 Å². The first-order valence-corrected chi connectivity index (χ1v) is 10.7. The van der Waals surface area contributed by atoms with Crippen LogP contribution in [-0.4, -0.2) is 21.9 Å². The highest BCUT2D eigenvalue weighted by Crippen LogP contribution is 2.50. The lowest BCUT2D eigenvalue weighted by Crippen LogP contribution is -2.44. The van der Waals surface area contributed by atoms with Gasteiger partial charge in [-0.25, -0.2) is 4.98 Å². The number of hydrogen-bond acceptors (Lipinski definition) is 4. The number of nitrogens with zero attached hydrogens (tertiary/aromatic N) is 2. The fourth-order valence-corrected chi connectivity index (χ4v) is 4.48. The average molecular weight is 394 g/mol. The van der Waals surface area contributed by atoms with Crippen LogP contribution in [0.25, 0.3) is 11.1 Å². The molecule has 0 aliphatic heterocycles. The number of carbonyl (C=O) groups excluding carboxylic acids is 1. The normalized spacial score (nSPS) is 20.0. The van der Waals surface area contributed by atoms with E-state index >= 15 is 0 Å². The molecule has 3 N–H and O–H groups in total. The number of rotatable bonds is 7. The van der Waals surface area contributed by atoms with Crippen molar-refractivity contribution in [2.24, 2.45) is 23.5 Å². The maximum atomic E-state index is 14.8. The Kier molecular flexibility index (Phi) is 4.62. The highest BCUT2D eigenvalue weighted by molar-refractivity contribution is 5.94. The molecule has 5 rings (SSSR count). The van der Waals surface area contributed by atoms with E-state index in [0.717, 1.165) is 42.5 Å². The number of aromatic nitrogens is 2. The molecule has 152 valence electrons. The molecule has 6 heteroatoms. The SMILES string of the molecule is Cc1ncc(C2CC2)cc1-c1ccc(NC(=O)[C@@H](N)C(C2CC2)C2CC2)nc1F. The van der Waals surface area contributed by atoms with E-state index in [9.17, 15) is 9.18 Å². The topological polar surface area (TPSA) is 80.9 Å². The van der Waals surface area contributed by atoms with E-state index in [2.05, 4.69) is 15.3 Å². The summed E-state index contributed by atoms with van der Waals surface area (Å²) in [6.07, 6.45) is 8.87. The summed E-state index contributed by atoms with van der Waals surface area (Å²) in [5.74, 6) is 1.29. The van der Waals surface area contributed by atoms with Crippen molar-refractivity contribution in [3.63, 3.8) is 0 Å². The summed E-state index contributed by atoms with van der Waals surface area (Å²) in [5, 5.41) is 2.73. The van der Waals surface area contributed by atoms with Crippen LogP contribution in [0.5, 0.6) is 0 Å². The Morgan fingerprint density at radius 1 is 1.14 bits per heavy atom. The predicted molar refractivity (Wildman–Crippen MR) is 110 cm³/mol. The van der Waals surface area contributed by atoms with Crippen LogP contribution in [0, 0.1) is 30.6 Å². The zero-order valence-corrected chi connectivity index (χ0v) is 16.7. The Bertz CT molecular complexity index is 938. The van der Waals surface area contributed by atoms with Crippen LogP contribution >= 0.6 is 0 Å². The highest BCUT2D eigenvalue weighted by atomic mass is 19.1. The van der Waals surface area contributed by atoms with Gasteiger partial charge in [-0.2, -0.15) is 4.39 Å². The quantitative estimate of drug-likeness (QED) is 0.691. The van der Waals surface area contributed by atoms with Crippen LogP contribution in [0.2, 0.25) is 0 Å². The van der Waals surface area contributed by atoms with E-state index < -0.39 is 12.0 Å². The molecule has 1 atom stereocenters. The van der Waals surface area contributed by atoms with Crippen molar-refractivity contribution in [1.82, 2.24) is 9.97 Å². The molecule has 3 saturated carbocycles. The van der Waals surface area contributed by atoms with Crippen LogP contribution in [0.15, 0.2) is 24.4 Å². The third-order valence-electron chi connectivity index (χ3n) is 6.60. The molecule has 5 nitrogen and oxygen atoms in total. The first-order valence-electron chi connectivity index (χ1n) is 10.7. The predicted octanol–water partition coefficient (Wildman–Crippen LogP) is 4.17. The molecule has 0 bridgehead atoms. The van der Waals surface area contributed by atoms with Crippen molar-refractivity contribution in [3.8, 4) is 11.1 Å².